The number of carboxylic acid groups (broad SMARTS) is 1. The SMILES string of the molecule is CC(C)[C@@H](O)[C@H](/C=C/[C@H](O)CCc1sc2ccccc2c1Cl)[C@H](C=O)C/C=C\CCCC(=O)O. The molecule has 0 saturated heterocycles. The van der Waals surface area contributed by atoms with Gasteiger partial charge >= 0.3 is 5.97 Å². The van der Waals surface area contributed by atoms with E-state index in [2.05, 4.69) is 0 Å². The van der Waals surface area contributed by atoms with E-state index in [1.807, 2.05) is 50.3 Å². The van der Waals surface area contributed by atoms with Crippen molar-refractivity contribution in [3.05, 3.63) is 58.5 Å². The van der Waals surface area contributed by atoms with Gasteiger partial charge in [-0.25, -0.2) is 0 Å². The Bertz CT molecular complexity index is 981. The van der Waals surface area contributed by atoms with Crippen molar-refractivity contribution in [3.8, 4) is 0 Å². The minimum Gasteiger partial charge on any atom is -0.481 e. The summed E-state index contributed by atoms with van der Waals surface area (Å²) in [5, 5.41) is 31.8. The Kier molecular flexibility index (Phi) is 12.0. The number of fused-ring (bicyclic) bond motifs is 1. The molecule has 0 spiro atoms. The molecule has 1 aromatic heterocycles. The molecule has 0 aliphatic carbocycles. The van der Waals surface area contributed by atoms with Crippen molar-refractivity contribution in [1.29, 1.82) is 0 Å². The highest BCUT2D eigenvalue weighted by molar-refractivity contribution is 7.19. The van der Waals surface area contributed by atoms with Gasteiger partial charge in [-0.1, -0.05) is 68.0 Å². The van der Waals surface area contributed by atoms with Gasteiger partial charge in [-0.3, -0.25) is 4.79 Å². The van der Waals surface area contributed by atoms with E-state index in [0.717, 1.165) is 26.3 Å². The van der Waals surface area contributed by atoms with Crippen LogP contribution in [-0.4, -0.2) is 39.8 Å². The highest BCUT2D eigenvalue weighted by Gasteiger charge is 2.27. The zero-order valence-corrected chi connectivity index (χ0v) is 21.3. The van der Waals surface area contributed by atoms with Crippen LogP contribution in [0.15, 0.2) is 48.6 Å². The van der Waals surface area contributed by atoms with Crippen molar-refractivity contribution >= 4 is 45.3 Å². The highest BCUT2D eigenvalue weighted by Crippen LogP contribution is 2.36. The van der Waals surface area contributed by atoms with Gasteiger partial charge in [0, 0.05) is 33.2 Å². The van der Waals surface area contributed by atoms with E-state index in [9.17, 15) is 19.8 Å². The first-order valence-corrected chi connectivity index (χ1v) is 13.0. The number of unbranched alkanes of at least 4 members (excludes halogenated alkanes) is 1. The highest BCUT2D eigenvalue weighted by atomic mass is 35.5. The topological polar surface area (TPSA) is 94.8 Å². The van der Waals surface area contributed by atoms with Gasteiger partial charge in [0.15, 0.2) is 0 Å². The number of hydrogen-bond acceptors (Lipinski definition) is 5. The molecule has 34 heavy (non-hydrogen) atoms. The van der Waals surface area contributed by atoms with Crippen LogP contribution in [0.4, 0.5) is 0 Å². The van der Waals surface area contributed by atoms with E-state index in [-0.39, 0.29) is 12.3 Å². The van der Waals surface area contributed by atoms with Gasteiger partial charge in [0.2, 0.25) is 0 Å². The molecule has 0 aliphatic rings. The monoisotopic (exact) mass is 506 g/mol. The molecule has 0 aliphatic heterocycles. The van der Waals surface area contributed by atoms with Crippen LogP contribution in [0.5, 0.6) is 0 Å². The Morgan fingerprint density at radius 2 is 1.88 bits per heavy atom. The van der Waals surface area contributed by atoms with Gasteiger partial charge < -0.3 is 20.1 Å². The number of aliphatic hydroxyl groups is 2. The number of halogens is 1. The Balaban J connectivity index is 1.99. The maximum Gasteiger partial charge on any atom is 0.303 e. The fourth-order valence-electron chi connectivity index (χ4n) is 3.86. The normalized spacial score (nSPS) is 15.8. The summed E-state index contributed by atoms with van der Waals surface area (Å²) in [5.74, 6) is -1.74. The second kappa shape index (κ2) is 14.4. The Hall–Kier alpha value is -1.99. The number of carbonyl (C=O) groups is 2. The van der Waals surface area contributed by atoms with Crippen LogP contribution in [0.1, 0.15) is 50.8 Å². The maximum atomic E-state index is 11.8. The van der Waals surface area contributed by atoms with Gasteiger partial charge in [0.1, 0.15) is 6.29 Å². The summed E-state index contributed by atoms with van der Waals surface area (Å²) in [6.07, 6.45) is 9.45. The third kappa shape index (κ3) is 8.66. The number of aliphatic hydroxyl groups excluding tert-OH is 2. The smallest absolute Gasteiger partial charge is 0.303 e. The van der Waals surface area contributed by atoms with E-state index >= 15 is 0 Å². The van der Waals surface area contributed by atoms with Gasteiger partial charge in [-0.05, 0) is 44.1 Å². The van der Waals surface area contributed by atoms with Crippen molar-refractivity contribution in [3.63, 3.8) is 0 Å². The molecular weight excluding hydrogens is 472 g/mol. The molecular formula is C27H35ClO5S. The molecule has 3 N–H and O–H groups in total. The molecule has 4 atom stereocenters. The van der Waals surface area contributed by atoms with Crippen LogP contribution >= 0.6 is 22.9 Å². The summed E-state index contributed by atoms with van der Waals surface area (Å²) in [7, 11) is 0. The van der Waals surface area contributed by atoms with E-state index in [4.69, 9.17) is 16.7 Å². The molecule has 0 amide bonds. The molecule has 5 nitrogen and oxygen atoms in total. The predicted octanol–water partition coefficient (Wildman–Crippen LogP) is 6.05. The summed E-state index contributed by atoms with van der Waals surface area (Å²) < 4.78 is 1.12. The fourth-order valence-corrected chi connectivity index (χ4v) is 5.40. The summed E-state index contributed by atoms with van der Waals surface area (Å²) in [4.78, 5) is 23.5. The first kappa shape index (κ1) is 28.2. The number of rotatable bonds is 15. The van der Waals surface area contributed by atoms with E-state index in [1.165, 1.54) is 0 Å². The van der Waals surface area contributed by atoms with E-state index in [1.54, 1.807) is 23.5 Å². The predicted molar refractivity (Wildman–Crippen MR) is 139 cm³/mol. The minimum absolute atomic E-state index is 0.0499. The quantitative estimate of drug-likeness (QED) is 0.155. The first-order valence-electron chi connectivity index (χ1n) is 11.8. The third-order valence-corrected chi connectivity index (χ3v) is 7.68. The number of benzene rings is 1. The zero-order chi connectivity index (χ0) is 25.1. The summed E-state index contributed by atoms with van der Waals surface area (Å²) >= 11 is 8.13. The molecule has 0 saturated carbocycles. The standard InChI is InChI=1S/C27H35ClO5S/c1-18(2)27(33)21(19(17-29)9-5-3-4-6-12-25(31)32)15-13-20(30)14-16-24-26(28)22-10-7-8-11-23(22)34-24/h3,5,7-8,10-11,13,15,17-21,27,30,33H,4,6,9,12,14,16H2,1-2H3,(H,31,32)/b5-3-,15-13+/t19-,20-,21+,27+/m0/s1. The molecule has 0 radical (unpaired) electrons. The van der Waals surface area contributed by atoms with E-state index < -0.39 is 30.0 Å². The molecule has 0 unspecified atom stereocenters. The molecule has 0 fully saturated rings. The molecule has 2 rings (SSSR count). The summed E-state index contributed by atoms with van der Waals surface area (Å²) in [6, 6.07) is 7.96. The largest absolute Gasteiger partial charge is 0.481 e. The van der Waals surface area contributed by atoms with Gasteiger partial charge in [0.05, 0.1) is 17.2 Å². The van der Waals surface area contributed by atoms with Crippen molar-refractivity contribution in [2.24, 2.45) is 17.8 Å². The number of carboxylic acids is 1. The van der Waals surface area contributed by atoms with E-state index in [0.29, 0.717) is 32.1 Å². The minimum atomic E-state index is -0.822. The summed E-state index contributed by atoms with van der Waals surface area (Å²) in [5.41, 5.74) is 0. The molecule has 2 aromatic rings. The molecule has 1 heterocycles. The lowest BCUT2D eigenvalue weighted by Crippen LogP contribution is -2.31. The van der Waals surface area contributed by atoms with Gasteiger partial charge in [-0.15, -0.1) is 11.3 Å². The van der Waals surface area contributed by atoms with Crippen LogP contribution in [0.3, 0.4) is 0 Å². The molecule has 186 valence electrons. The average Bonchev–Trinajstić information content (AvgIpc) is 3.13. The number of hydrogen-bond donors (Lipinski definition) is 3. The Morgan fingerprint density at radius 3 is 2.53 bits per heavy atom. The van der Waals surface area contributed by atoms with Crippen molar-refractivity contribution < 1.29 is 24.9 Å². The van der Waals surface area contributed by atoms with Crippen LogP contribution < -0.4 is 0 Å². The maximum absolute atomic E-state index is 11.8. The number of aliphatic carboxylic acids is 1. The van der Waals surface area contributed by atoms with Gasteiger partial charge in [-0.2, -0.15) is 0 Å². The van der Waals surface area contributed by atoms with Crippen LogP contribution in [0, 0.1) is 17.8 Å². The number of carbonyl (C=O) groups excluding carboxylic acids is 1. The zero-order valence-electron chi connectivity index (χ0n) is 19.8. The number of thiophene rings is 1. The second-order valence-corrected chi connectivity index (χ2v) is 10.4. The Labute approximate surface area is 210 Å². The third-order valence-electron chi connectivity index (χ3n) is 5.91. The van der Waals surface area contributed by atoms with Crippen LogP contribution in [-0.2, 0) is 16.0 Å². The number of aryl methyl sites for hydroxylation is 1. The van der Waals surface area contributed by atoms with Crippen molar-refractivity contribution in [2.75, 3.05) is 0 Å². The lowest BCUT2D eigenvalue weighted by atomic mass is 9.81. The lowest BCUT2D eigenvalue weighted by Gasteiger charge is -2.27. The van der Waals surface area contributed by atoms with Gasteiger partial charge in [0.25, 0.3) is 0 Å². The molecule has 7 heteroatoms. The number of allylic oxidation sites excluding steroid dienone is 2. The Morgan fingerprint density at radius 1 is 1.15 bits per heavy atom. The van der Waals surface area contributed by atoms with Crippen molar-refractivity contribution in [1.82, 2.24) is 0 Å². The molecule has 1 aromatic carbocycles. The van der Waals surface area contributed by atoms with Crippen LogP contribution in [0.2, 0.25) is 5.02 Å². The first-order chi connectivity index (χ1) is 16.2. The summed E-state index contributed by atoms with van der Waals surface area (Å²) in [6.45, 7) is 3.80. The second-order valence-electron chi connectivity index (χ2n) is 8.93. The van der Waals surface area contributed by atoms with Crippen LogP contribution in [0.25, 0.3) is 10.1 Å². The number of aldehydes is 1. The average molecular weight is 507 g/mol. The van der Waals surface area contributed by atoms with Crippen molar-refractivity contribution in [2.45, 2.75) is 64.6 Å². The lowest BCUT2D eigenvalue weighted by molar-refractivity contribution is -0.137. The fraction of sp³-hybridized carbons (Fsp3) is 0.481. The molecule has 0 bridgehead atoms.